The first-order valence-corrected chi connectivity index (χ1v) is 12.2. The molecule has 0 unspecified atom stereocenters. The zero-order valence-electron chi connectivity index (χ0n) is 19.9. The maximum Gasteiger partial charge on any atom is 0.407 e. The van der Waals surface area contributed by atoms with E-state index in [9.17, 15) is 14.4 Å². The molecule has 1 aliphatic carbocycles. The van der Waals surface area contributed by atoms with Gasteiger partial charge in [0.15, 0.2) is 0 Å². The fraction of sp³-hybridized carbons (Fsp3) is 0.444. The number of nitrogens with one attached hydrogen (secondary N) is 1. The van der Waals surface area contributed by atoms with Gasteiger partial charge in [-0.3, -0.25) is 9.59 Å². The molecule has 8 nitrogen and oxygen atoms in total. The Kier molecular flexibility index (Phi) is 8.02. The molecular weight excluding hydrogens is 448 g/mol. The van der Waals surface area contributed by atoms with Crippen molar-refractivity contribution in [3.8, 4) is 11.1 Å². The van der Waals surface area contributed by atoms with Crippen LogP contribution in [0.15, 0.2) is 48.5 Å². The molecule has 1 heterocycles. The van der Waals surface area contributed by atoms with Gasteiger partial charge in [-0.1, -0.05) is 55.5 Å². The van der Waals surface area contributed by atoms with Crippen LogP contribution in [0.3, 0.4) is 0 Å². The van der Waals surface area contributed by atoms with Crippen molar-refractivity contribution in [2.75, 3.05) is 32.8 Å². The van der Waals surface area contributed by atoms with Gasteiger partial charge in [0.1, 0.15) is 12.7 Å². The maximum atomic E-state index is 13.0. The number of carbonyl (C=O) groups excluding carboxylic acids is 2. The van der Waals surface area contributed by atoms with E-state index in [-0.39, 0.29) is 43.9 Å². The summed E-state index contributed by atoms with van der Waals surface area (Å²) in [5, 5.41) is 11.8. The van der Waals surface area contributed by atoms with Gasteiger partial charge in [0.05, 0.1) is 6.42 Å². The van der Waals surface area contributed by atoms with Crippen LogP contribution in [-0.4, -0.2) is 66.9 Å². The van der Waals surface area contributed by atoms with E-state index < -0.39 is 18.2 Å². The highest BCUT2D eigenvalue weighted by molar-refractivity contribution is 5.82. The summed E-state index contributed by atoms with van der Waals surface area (Å²) in [6.07, 6.45) is 0.0337. The molecule has 2 aliphatic rings. The molecule has 2 aromatic carbocycles. The molecule has 2 aromatic rings. The topological polar surface area (TPSA) is 105 Å². The Labute approximate surface area is 205 Å². The first-order chi connectivity index (χ1) is 17.0. The summed E-state index contributed by atoms with van der Waals surface area (Å²) >= 11 is 0. The number of rotatable bonds is 10. The number of fused-ring (bicyclic) bond motifs is 3. The Morgan fingerprint density at radius 2 is 1.71 bits per heavy atom. The van der Waals surface area contributed by atoms with Gasteiger partial charge >= 0.3 is 12.1 Å². The van der Waals surface area contributed by atoms with E-state index in [1.807, 2.05) is 31.2 Å². The number of hydrogen-bond acceptors (Lipinski definition) is 5. The number of benzene rings is 2. The highest BCUT2D eigenvalue weighted by atomic mass is 16.5. The minimum atomic E-state index is -0.945. The molecule has 8 heteroatoms. The van der Waals surface area contributed by atoms with Crippen molar-refractivity contribution in [2.45, 2.75) is 38.2 Å². The van der Waals surface area contributed by atoms with Crippen LogP contribution < -0.4 is 5.32 Å². The van der Waals surface area contributed by atoms with Crippen molar-refractivity contribution in [1.82, 2.24) is 10.2 Å². The van der Waals surface area contributed by atoms with E-state index in [2.05, 4.69) is 29.6 Å². The molecule has 2 atom stereocenters. The van der Waals surface area contributed by atoms with Crippen molar-refractivity contribution in [3.63, 3.8) is 0 Å². The summed E-state index contributed by atoms with van der Waals surface area (Å²) in [5.41, 5.74) is 4.63. The zero-order valence-corrected chi connectivity index (χ0v) is 19.9. The number of carboxylic acids is 1. The van der Waals surface area contributed by atoms with Crippen molar-refractivity contribution >= 4 is 18.0 Å². The SMILES string of the molecule is CCCN(CCC(=O)O)C(=O)[C@@H]1OCC[C@@H]1CNC(=O)OCC1c2ccccc2-c2ccccc21. The summed E-state index contributed by atoms with van der Waals surface area (Å²) in [6.45, 7) is 3.46. The minimum absolute atomic E-state index is 0.0193. The molecule has 0 bridgehead atoms. The van der Waals surface area contributed by atoms with Crippen molar-refractivity contribution in [1.29, 1.82) is 0 Å². The first kappa shape index (κ1) is 24.7. The monoisotopic (exact) mass is 480 g/mol. The lowest BCUT2D eigenvalue weighted by molar-refractivity contribution is -0.144. The minimum Gasteiger partial charge on any atom is -0.481 e. The van der Waals surface area contributed by atoms with Crippen LogP contribution >= 0.6 is 0 Å². The van der Waals surface area contributed by atoms with Crippen molar-refractivity contribution in [3.05, 3.63) is 59.7 Å². The van der Waals surface area contributed by atoms with E-state index in [1.165, 1.54) is 11.1 Å². The molecule has 186 valence electrons. The Balaban J connectivity index is 1.31. The van der Waals surface area contributed by atoms with Crippen LogP contribution in [0.5, 0.6) is 0 Å². The summed E-state index contributed by atoms with van der Waals surface area (Å²) in [7, 11) is 0. The molecule has 2 amide bonds. The molecule has 0 aromatic heterocycles. The number of ether oxygens (including phenoxy) is 2. The van der Waals surface area contributed by atoms with Gasteiger partial charge in [0, 0.05) is 38.1 Å². The lowest BCUT2D eigenvalue weighted by Crippen LogP contribution is -2.45. The highest BCUT2D eigenvalue weighted by Gasteiger charge is 2.37. The molecule has 0 radical (unpaired) electrons. The molecule has 4 rings (SSSR count). The number of nitrogens with zero attached hydrogens (tertiary/aromatic N) is 1. The van der Waals surface area contributed by atoms with E-state index in [0.717, 1.165) is 17.5 Å². The Morgan fingerprint density at radius 3 is 2.34 bits per heavy atom. The van der Waals surface area contributed by atoms with Crippen LogP contribution in [0, 0.1) is 5.92 Å². The van der Waals surface area contributed by atoms with E-state index in [1.54, 1.807) is 4.90 Å². The van der Waals surface area contributed by atoms with Gasteiger partial charge in [0.25, 0.3) is 5.91 Å². The summed E-state index contributed by atoms with van der Waals surface area (Å²) < 4.78 is 11.3. The van der Waals surface area contributed by atoms with Crippen LogP contribution in [0.4, 0.5) is 4.79 Å². The second kappa shape index (κ2) is 11.4. The smallest absolute Gasteiger partial charge is 0.407 e. The average Bonchev–Trinajstić information content (AvgIpc) is 3.46. The highest BCUT2D eigenvalue weighted by Crippen LogP contribution is 2.44. The molecule has 1 fully saturated rings. The fourth-order valence-corrected chi connectivity index (χ4v) is 4.99. The molecule has 35 heavy (non-hydrogen) atoms. The summed E-state index contributed by atoms with van der Waals surface area (Å²) in [5.74, 6) is -1.37. The van der Waals surface area contributed by atoms with Gasteiger partial charge in [-0.2, -0.15) is 0 Å². The number of amides is 2. The lowest BCUT2D eigenvalue weighted by Gasteiger charge is -2.27. The number of alkyl carbamates (subject to hydrolysis) is 1. The fourth-order valence-electron chi connectivity index (χ4n) is 4.99. The largest absolute Gasteiger partial charge is 0.481 e. The van der Waals surface area contributed by atoms with Gasteiger partial charge < -0.3 is 24.8 Å². The third-order valence-electron chi connectivity index (χ3n) is 6.71. The van der Waals surface area contributed by atoms with E-state index in [0.29, 0.717) is 19.6 Å². The molecular formula is C27H32N2O6. The normalized spacial score (nSPS) is 18.5. The standard InChI is InChI=1S/C27H32N2O6/c1-2-13-29(14-11-24(30)31)26(32)25-18(12-15-34-25)16-28-27(33)35-17-23-21-9-5-3-7-19(21)20-8-4-6-10-22(20)23/h3-10,18,23,25H,2,11-17H2,1H3,(H,28,33)(H,30,31)/t18-,25-/m1/s1. The van der Waals surface area contributed by atoms with Crippen molar-refractivity contribution in [2.24, 2.45) is 5.92 Å². The Bertz CT molecular complexity index is 1030. The quantitative estimate of drug-likeness (QED) is 0.538. The number of carboxylic acid groups (broad SMARTS) is 1. The molecule has 1 saturated heterocycles. The Morgan fingerprint density at radius 1 is 1.06 bits per heavy atom. The van der Waals surface area contributed by atoms with E-state index in [4.69, 9.17) is 14.6 Å². The predicted octanol–water partition coefficient (Wildman–Crippen LogP) is 3.64. The van der Waals surface area contributed by atoms with Crippen LogP contribution in [0.2, 0.25) is 0 Å². The summed E-state index contributed by atoms with van der Waals surface area (Å²) in [4.78, 5) is 38.0. The second-order valence-corrected chi connectivity index (χ2v) is 9.02. The first-order valence-electron chi connectivity index (χ1n) is 12.2. The molecule has 1 aliphatic heterocycles. The van der Waals surface area contributed by atoms with E-state index >= 15 is 0 Å². The third-order valence-corrected chi connectivity index (χ3v) is 6.71. The summed E-state index contributed by atoms with van der Waals surface area (Å²) in [6, 6.07) is 16.3. The van der Waals surface area contributed by atoms with Gasteiger partial charge in [0.2, 0.25) is 0 Å². The van der Waals surface area contributed by atoms with Crippen LogP contribution in [0.1, 0.15) is 43.2 Å². The second-order valence-electron chi connectivity index (χ2n) is 9.02. The molecule has 2 N–H and O–H groups in total. The zero-order chi connectivity index (χ0) is 24.8. The lowest BCUT2D eigenvalue weighted by atomic mass is 9.98. The number of carbonyl (C=O) groups is 3. The molecule has 0 saturated carbocycles. The van der Waals surface area contributed by atoms with Crippen LogP contribution in [0.25, 0.3) is 11.1 Å². The van der Waals surface area contributed by atoms with Gasteiger partial charge in [-0.05, 0) is 35.1 Å². The van der Waals surface area contributed by atoms with Crippen molar-refractivity contribution < 1.29 is 29.0 Å². The van der Waals surface area contributed by atoms with Gasteiger partial charge in [-0.25, -0.2) is 4.79 Å². The number of hydrogen-bond donors (Lipinski definition) is 2. The molecule has 0 spiro atoms. The van der Waals surface area contributed by atoms with Crippen LogP contribution in [-0.2, 0) is 19.1 Å². The third kappa shape index (κ3) is 5.65. The van der Waals surface area contributed by atoms with Gasteiger partial charge in [-0.15, -0.1) is 0 Å². The Hall–Kier alpha value is -3.39. The maximum absolute atomic E-state index is 13.0. The number of aliphatic carboxylic acids is 1. The average molecular weight is 481 g/mol. The predicted molar refractivity (Wildman–Crippen MR) is 130 cm³/mol.